The molecule has 2 aromatic heterocycles. The van der Waals surface area contributed by atoms with E-state index in [1.807, 2.05) is 62.4 Å². The van der Waals surface area contributed by atoms with Crippen molar-refractivity contribution in [2.24, 2.45) is 5.92 Å². The molecule has 8 nitrogen and oxygen atoms in total. The minimum absolute atomic E-state index is 0.0125. The monoisotopic (exact) mass is 446 g/mol. The van der Waals surface area contributed by atoms with Crippen molar-refractivity contribution in [3.8, 4) is 23.0 Å². The quantitative estimate of drug-likeness (QED) is 0.336. The van der Waals surface area contributed by atoms with Crippen LogP contribution in [0.15, 0.2) is 76.1 Å². The Hall–Kier alpha value is -3.85. The van der Waals surface area contributed by atoms with E-state index in [0.29, 0.717) is 23.2 Å². The molecule has 1 amide bonds. The Morgan fingerprint density at radius 3 is 2.50 bits per heavy atom. The zero-order chi connectivity index (χ0) is 22.5. The molecule has 0 bridgehead atoms. The van der Waals surface area contributed by atoms with Crippen LogP contribution in [0.5, 0.6) is 0 Å². The molecule has 2 heterocycles. The molecule has 0 aliphatic rings. The third-order valence-corrected chi connectivity index (χ3v) is 5.32. The number of nitrogens with one attached hydrogen (secondary N) is 2. The van der Waals surface area contributed by atoms with Gasteiger partial charge in [0.2, 0.25) is 11.7 Å². The molecule has 0 aliphatic carbocycles. The molecule has 2 aromatic carbocycles. The van der Waals surface area contributed by atoms with Crippen LogP contribution in [-0.2, 0) is 4.79 Å². The summed E-state index contributed by atoms with van der Waals surface area (Å²) in [7, 11) is 0. The van der Waals surface area contributed by atoms with Crippen molar-refractivity contribution in [1.29, 1.82) is 0 Å². The van der Waals surface area contributed by atoms with Crippen LogP contribution in [0.25, 0.3) is 23.0 Å². The van der Waals surface area contributed by atoms with Gasteiger partial charge in [0.1, 0.15) is 11.5 Å². The average Bonchev–Trinajstić information content (AvgIpc) is 3.29. The molecule has 32 heavy (non-hydrogen) atoms. The van der Waals surface area contributed by atoms with Gasteiger partial charge in [-0.05, 0) is 66.5 Å². The van der Waals surface area contributed by atoms with E-state index in [1.165, 1.54) is 11.9 Å². The number of nitrogens with zero attached hydrogens (tertiary/aromatic N) is 3. The second kappa shape index (κ2) is 9.52. The first-order valence-corrected chi connectivity index (χ1v) is 10.8. The molecular formula is C23H22N6O2S. The molecular weight excluding hydrogens is 424 g/mol. The first-order chi connectivity index (χ1) is 15.5. The van der Waals surface area contributed by atoms with Gasteiger partial charge in [0, 0.05) is 27.8 Å². The van der Waals surface area contributed by atoms with Crippen molar-refractivity contribution in [3.63, 3.8) is 0 Å². The van der Waals surface area contributed by atoms with Crippen LogP contribution in [0.1, 0.15) is 13.8 Å². The number of nitrogens with two attached hydrogens (primary N) is 1. The fourth-order valence-electron chi connectivity index (χ4n) is 2.75. The summed E-state index contributed by atoms with van der Waals surface area (Å²) in [5.41, 5.74) is 8.72. The standard InChI is InChI=1S/C23H22N6O2S/c1-14(2)22(30)25-16-5-3-6-17(13-16)29-32-18-11-9-15(10-12-18)21-27-23(31-28-21)19-7-4-8-20(24)26-19/h3-14,29H,1-2H3,(H2,24,26)(H,25,30). The Morgan fingerprint density at radius 2 is 1.75 bits per heavy atom. The zero-order valence-corrected chi connectivity index (χ0v) is 18.4. The Kier molecular flexibility index (Phi) is 6.37. The van der Waals surface area contributed by atoms with Crippen molar-refractivity contribution in [1.82, 2.24) is 15.1 Å². The number of carbonyl (C=O) groups is 1. The lowest BCUT2D eigenvalue weighted by Gasteiger charge is -2.10. The summed E-state index contributed by atoms with van der Waals surface area (Å²) >= 11 is 1.46. The summed E-state index contributed by atoms with van der Waals surface area (Å²) in [5, 5.41) is 6.94. The van der Waals surface area contributed by atoms with Gasteiger partial charge in [0.15, 0.2) is 0 Å². The third-order valence-electron chi connectivity index (χ3n) is 4.47. The minimum Gasteiger partial charge on any atom is -0.384 e. The summed E-state index contributed by atoms with van der Waals surface area (Å²) in [6.07, 6.45) is 0. The van der Waals surface area contributed by atoms with E-state index in [-0.39, 0.29) is 11.8 Å². The van der Waals surface area contributed by atoms with Crippen molar-refractivity contribution >= 4 is 35.0 Å². The predicted octanol–water partition coefficient (Wildman–Crippen LogP) is 5.09. The van der Waals surface area contributed by atoms with Crippen LogP contribution in [-0.4, -0.2) is 21.0 Å². The smallest absolute Gasteiger partial charge is 0.276 e. The number of pyridine rings is 1. The normalized spacial score (nSPS) is 10.8. The van der Waals surface area contributed by atoms with E-state index in [4.69, 9.17) is 10.3 Å². The van der Waals surface area contributed by atoms with Crippen LogP contribution in [0.4, 0.5) is 17.2 Å². The fourth-order valence-corrected chi connectivity index (χ4v) is 3.39. The number of carbonyl (C=O) groups excluding carboxylic acids is 1. The highest BCUT2D eigenvalue weighted by Crippen LogP contribution is 2.27. The van der Waals surface area contributed by atoms with Gasteiger partial charge in [0.25, 0.3) is 5.89 Å². The number of hydrogen-bond donors (Lipinski definition) is 3. The number of anilines is 3. The lowest BCUT2D eigenvalue weighted by Crippen LogP contribution is -2.17. The number of nitrogen functional groups attached to an aromatic ring is 1. The molecule has 0 atom stereocenters. The van der Waals surface area contributed by atoms with E-state index in [9.17, 15) is 4.79 Å². The van der Waals surface area contributed by atoms with E-state index in [1.54, 1.807) is 18.2 Å². The summed E-state index contributed by atoms with van der Waals surface area (Å²) in [6.45, 7) is 3.72. The molecule has 0 saturated carbocycles. The van der Waals surface area contributed by atoms with Gasteiger partial charge in [-0.25, -0.2) is 4.98 Å². The zero-order valence-electron chi connectivity index (χ0n) is 17.6. The molecule has 0 fully saturated rings. The molecule has 0 radical (unpaired) electrons. The molecule has 4 aromatic rings. The molecule has 162 valence electrons. The summed E-state index contributed by atoms with van der Waals surface area (Å²) in [4.78, 5) is 21.5. The highest BCUT2D eigenvalue weighted by atomic mass is 32.2. The van der Waals surface area contributed by atoms with E-state index < -0.39 is 0 Å². The first-order valence-electron chi connectivity index (χ1n) is 9.99. The number of hydrogen-bond acceptors (Lipinski definition) is 8. The average molecular weight is 447 g/mol. The van der Waals surface area contributed by atoms with Crippen molar-refractivity contribution in [2.45, 2.75) is 18.7 Å². The molecule has 4 N–H and O–H groups in total. The molecule has 0 spiro atoms. The number of amides is 1. The Balaban J connectivity index is 1.39. The van der Waals surface area contributed by atoms with Crippen molar-refractivity contribution in [2.75, 3.05) is 15.8 Å². The van der Waals surface area contributed by atoms with Gasteiger partial charge in [-0.15, -0.1) is 0 Å². The SMILES string of the molecule is CC(C)C(=O)Nc1cccc(NSc2ccc(-c3noc(-c4cccc(N)n4)n3)cc2)c1. The van der Waals surface area contributed by atoms with Crippen molar-refractivity contribution < 1.29 is 9.32 Å². The summed E-state index contributed by atoms with van der Waals surface area (Å²) in [6, 6.07) is 20.6. The largest absolute Gasteiger partial charge is 0.384 e. The fraction of sp³-hybridized carbons (Fsp3) is 0.130. The lowest BCUT2D eigenvalue weighted by atomic mass is 10.2. The lowest BCUT2D eigenvalue weighted by molar-refractivity contribution is -0.118. The van der Waals surface area contributed by atoms with Crippen LogP contribution in [0.3, 0.4) is 0 Å². The van der Waals surface area contributed by atoms with Gasteiger partial charge >= 0.3 is 0 Å². The highest BCUT2D eigenvalue weighted by Gasteiger charge is 2.12. The van der Waals surface area contributed by atoms with Gasteiger partial charge in [0.05, 0.1) is 0 Å². The van der Waals surface area contributed by atoms with Crippen LogP contribution < -0.4 is 15.8 Å². The maximum atomic E-state index is 11.9. The van der Waals surface area contributed by atoms with Crippen LogP contribution in [0.2, 0.25) is 0 Å². The second-order valence-electron chi connectivity index (χ2n) is 7.32. The Labute approximate surface area is 189 Å². The first kappa shape index (κ1) is 21.4. The maximum Gasteiger partial charge on any atom is 0.276 e. The minimum atomic E-state index is -0.0723. The maximum absolute atomic E-state index is 11.9. The second-order valence-corrected chi connectivity index (χ2v) is 8.20. The van der Waals surface area contributed by atoms with Crippen LogP contribution in [0, 0.1) is 5.92 Å². The van der Waals surface area contributed by atoms with Crippen molar-refractivity contribution in [3.05, 3.63) is 66.7 Å². The number of aromatic nitrogens is 3. The third kappa shape index (κ3) is 5.25. The van der Waals surface area contributed by atoms with Gasteiger partial charge < -0.3 is 20.3 Å². The molecule has 0 aliphatic heterocycles. The van der Waals surface area contributed by atoms with Gasteiger partial charge in [-0.1, -0.05) is 31.1 Å². The summed E-state index contributed by atoms with van der Waals surface area (Å²) < 4.78 is 8.61. The van der Waals surface area contributed by atoms with Crippen LogP contribution >= 0.6 is 11.9 Å². The topological polar surface area (TPSA) is 119 Å². The molecule has 4 rings (SSSR count). The number of rotatable bonds is 7. The van der Waals surface area contributed by atoms with E-state index in [0.717, 1.165) is 21.8 Å². The van der Waals surface area contributed by atoms with E-state index >= 15 is 0 Å². The number of benzene rings is 2. The molecule has 0 unspecified atom stereocenters. The summed E-state index contributed by atoms with van der Waals surface area (Å²) in [5.74, 6) is 1.10. The Bertz CT molecular complexity index is 1220. The Morgan fingerprint density at radius 1 is 1.00 bits per heavy atom. The van der Waals surface area contributed by atoms with E-state index in [2.05, 4.69) is 25.2 Å². The molecule has 0 saturated heterocycles. The molecule has 9 heteroatoms. The predicted molar refractivity (Wildman–Crippen MR) is 127 cm³/mol. The van der Waals surface area contributed by atoms with Gasteiger partial charge in [-0.2, -0.15) is 4.98 Å². The highest BCUT2D eigenvalue weighted by molar-refractivity contribution is 8.00. The van der Waals surface area contributed by atoms with Gasteiger partial charge in [-0.3, -0.25) is 4.79 Å².